The first-order valence-corrected chi connectivity index (χ1v) is 8.07. The Balaban J connectivity index is 2.39. The molecule has 1 atom stereocenters. The maximum atomic E-state index is 11.6. The lowest BCUT2D eigenvalue weighted by Crippen LogP contribution is -2.42. The van der Waals surface area contributed by atoms with Gasteiger partial charge in [0.05, 0.1) is 6.10 Å². The van der Waals surface area contributed by atoms with E-state index in [2.05, 4.69) is 9.46 Å². The van der Waals surface area contributed by atoms with Crippen molar-refractivity contribution >= 4 is 16.3 Å². The summed E-state index contributed by atoms with van der Waals surface area (Å²) in [4.78, 5) is 11.2. The van der Waals surface area contributed by atoms with E-state index in [9.17, 15) is 13.2 Å². The van der Waals surface area contributed by atoms with Gasteiger partial charge in [-0.2, -0.15) is 13.1 Å². The van der Waals surface area contributed by atoms with E-state index in [0.29, 0.717) is 6.42 Å². The Bertz CT molecular complexity index is 546. The van der Waals surface area contributed by atoms with Crippen molar-refractivity contribution in [2.75, 3.05) is 6.54 Å². The summed E-state index contributed by atoms with van der Waals surface area (Å²) in [6, 6.07) is 9.07. The molecule has 0 bridgehead atoms. The maximum absolute atomic E-state index is 11.6. The molecule has 7 nitrogen and oxygen atoms in total. The first kappa shape index (κ1) is 17.4. The molecule has 0 aromatic heterocycles. The Kier molecular flexibility index (Phi) is 6.60. The second kappa shape index (κ2) is 7.96. The van der Waals surface area contributed by atoms with Crippen molar-refractivity contribution in [2.45, 2.75) is 32.4 Å². The summed E-state index contributed by atoms with van der Waals surface area (Å²) in [5, 5.41) is 0. The van der Waals surface area contributed by atoms with Gasteiger partial charge < -0.3 is 10.5 Å². The van der Waals surface area contributed by atoms with Gasteiger partial charge in [0.25, 0.3) is 0 Å². The Hall–Kier alpha value is -1.64. The van der Waals surface area contributed by atoms with Gasteiger partial charge in [-0.1, -0.05) is 30.3 Å². The van der Waals surface area contributed by atoms with Crippen molar-refractivity contribution in [3.63, 3.8) is 0 Å². The highest BCUT2D eigenvalue weighted by atomic mass is 32.2. The molecule has 1 amide bonds. The first-order valence-electron chi connectivity index (χ1n) is 6.58. The van der Waals surface area contributed by atoms with Crippen molar-refractivity contribution in [3.8, 4) is 0 Å². The van der Waals surface area contributed by atoms with Gasteiger partial charge in [0.1, 0.15) is 0 Å². The molecule has 0 spiro atoms. The third kappa shape index (κ3) is 7.07. The minimum Gasteiger partial charge on any atom is -0.446 e. The van der Waals surface area contributed by atoms with Crippen molar-refractivity contribution < 1.29 is 17.9 Å². The zero-order chi connectivity index (χ0) is 15.9. The highest BCUT2D eigenvalue weighted by Crippen LogP contribution is 2.12. The molecule has 0 aliphatic heterocycles. The minimum atomic E-state index is -3.93. The highest BCUT2D eigenvalue weighted by molar-refractivity contribution is 7.88. The van der Waals surface area contributed by atoms with E-state index < -0.39 is 22.4 Å². The summed E-state index contributed by atoms with van der Waals surface area (Å²) >= 11 is 0. The van der Waals surface area contributed by atoms with Gasteiger partial charge in [0.15, 0.2) is 0 Å². The minimum absolute atomic E-state index is 0.111. The van der Waals surface area contributed by atoms with Crippen molar-refractivity contribution in [1.82, 2.24) is 9.44 Å². The summed E-state index contributed by atoms with van der Waals surface area (Å²) in [6.07, 6.45) is -0.999. The van der Waals surface area contributed by atoms with Crippen LogP contribution in [0.25, 0.3) is 0 Å². The van der Waals surface area contributed by atoms with Gasteiger partial charge in [0.2, 0.25) is 0 Å². The first-order chi connectivity index (χ1) is 9.80. The van der Waals surface area contributed by atoms with Gasteiger partial charge in [0, 0.05) is 12.6 Å². The molecule has 1 unspecified atom stereocenters. The van der Waals surface area contributed by atoms with Crippen molar-refractivity contribution in [1.29, 1.82) is 0 Å². The van der Waals surface area contributed by atoms with E-state index in [4.69, 9.17) is 5.73 Å². The van der Waals surface area contributed by atoms with Crippen LogP contribution in [-0.4, -0.2) is 27.2 Å². The van der Waals surface area contributed by atoms with Gasteiger partial charge in [-0.3, -0.25) is 0 Å². The number of nitrogens with one attached hydrogen (secondary N) is 2. The van der Waals surface area contributed by atoms with Crippen molar-refractivity contribution in [3.05, 3.63) is 35.9 Å². The second-order valence-corrected chi connectivity index (χ2v) is 6.26. The molecule has 118 valence electrons. The predicted molar refractivity (Wildman–Crippen MR) is 79.7 cm³/mol. The number of rotatable bonds is 7. The van der Waals surface area contributed by atoms with Crippen molar-refractivity contribution in [2.24, 2.45) is 5.73 Å². The van der Waals surface area contributed by atoms with Crippen LogP contribution in [0.1, 0.15) is 31.9 Å². The number of carbonyl (C=O) groups excluding carboxylic acids is 1. The molecule has 0 heterocycles. The second-order valence-electron chi connectivity index (χ2n) is 4.76. The summed E-state index contributed by atoms with van der Waals surface area (Å²) in [6.45, 7) is 3.36. The third-order valence-electron chi connectivity index (χ3n) is 2.54. The maximum Gasteiger partial charge on any atom is 0.422 e. The van der Waals surface area contributed by atoms with Crippen LogP contribution >= 0.6 is 0 Å². The Labute approximate surface area is 125 Å². The molecule has 4 N–H and O–H groups in total. The average molecular weight is 315 g/mol. The average Bonchev–Trinajstić information content (AvgIpc) is 2.37. The van der Waals surface area contributed by atoms with Crippen LogP contribution in [0.3, 0.4) is 0 Å². The van der Waals surface area contributed by atoms with Gasteiger partial charge in [-0.15, -0.1) is 0 Å². The van der Waals surface area contributed by atoms with Crippen LogP contribution in [0.2, 0.25) is 0 Å². The molecule has 0 aliphatic carbocycles. The van der Waals surface area contributed by atoms with E-state index in [1.807, 2.05) is 30.3 Å². The zero-order valence-electron chi connectivity index (χ0n) is 12.1. The molecule has 0 saturated heterocycles. The van der Waals surface area contributed by atoms with E-state index in [-0.39, 0.29) is 12.6 Å². The molecule has 0 fully saturated rings. The van der Waals surface area contributed by atoms with Crippen LogP contribution in [0.5, 0.6) is 0 Å². The molecule has 0 saturated carbocycles. The monoisotopic (exact) mass is 315 g/mol. The van der Waals surface area contributed by atoms with E-state index >= 15 is 0 Å². The Morgan fingerprint density at radius 1 is 1.29 bits per heavy atom. The van der Waals surface area contributed by atoms with E-state index in [1.165, 1.54) is 0 Å². The van der Waals surface area contributed by atoms with E-state index in [1.54, 1.807) is 18.6 Å². The Morgan fingerprint density at radius 3 is 2.48 bits per heavy atom. The number of benzene rings is 1. The fourth-order valence-corrected chi connectivity index (χ4v) is 2.33. The lowest BCUT2D eigenvalue weighted by molar-refractivity contribution is 0.121. The number of carbonyl (C=O) groups is 1. The fourth-order valence-electron chi connectivity index (χ4n) is 1.60. The smallest absolute Gasteiger partial charge is 0.422 e. The quantitative estimate of drug-likeness (QED) is 0.696. The van der Waals surface area contributed by atoms with Crippen LogP contribution in [0.4, 0.5) is 4.79 Å². The lowest BCUT2D eigenvalue weighted by atomic mass is 10.1. The van der Waals surface area contributed by atoms with Crippen LogP contribution in [0, 0.1) is 0 Å². The van der Waals surface area contributed by atoms with Gasteiger partial charge >= 0.3 is 16.3 Å². The highest BCUT2D eigenvalue weighted by Gasteiger charge is 2.16. The molecule has 8 heteroatoms. The van der Waals surface area contributed by atoms with Gasteiger partial charge in [-0.05, 0) is 25.8 Å². The normalized spacial score (nSPS) is 13.0. The molecule has 1 aromatic rings. The summed E-state index contributed by atoms with van der Waals surface area (Å²) in [7, 11) is -3.93. The van der Waals surface area contributed by atoms with Gasteiger partial charge in [-0.25, -0.2) is 9.52 Å². The molecule has 1 rings (SSSR count). The largest absolute Gasteiger partial charge is 0.446 e. The van der Waals surface area contributed by atoms with Crippen LogP contribution < -0.4 is 15.2 Å². The molecule has 0 radical (unpaired) electrons. The fraction of sp³-hybridized carbons (Fsp3) is 0.462. The molecule has 21 heavy (non-hydrogen) atoms. The molecule has 0 aliphatic rings. The standard InChI is InChI=1S/C13H21N3O4S/c1-10(2)20-13(17)16-21(18,19)15-9-8-12(14)11-6-4-3-5-7-11/h3-7,10,12,15H,8-9,14H2,1-2H3,(H,16,17). The van der Waals surface area contributed by atoms with Crippen LogP contribution in [-0.2, 0) is 14.9 Å². The Morgan fingerprint density at radius 2 is 1.90 bits per heavy atom. The van der Waals surface area contributed by atoms with Crippen LogP contribution in [0.15, 0.2) is 30.3 Å². The number of hydrogen-bond donors (Lipinski definition) is 3. The SMILES string of the molecule is CC(C)OC(=O)NS(=O)(=O)NCCC(N)c1ccccc1. The van der Waals surface area contributed by atoms with E-state index in [0.717, 1.165) is 5.56 Å². The molecular formula is C13H21N3O4S. The molecule has 1 aromatic carbocycles. The number of hydrogen-bond acceptors (Lipinski definition) is 5. The molecular weight excluding hydrogens is 294 g/mol. The number of ether oxygens (including phenoxy) is 1. The predicted octanol–water partition coefficient (Wildman–Crippen LogP) is 1.05. The summed E-state index contributed by atoms with van der Waals surface area (Å²) < 4.78 is 31.8. The zero-order valence-corrected chi connectivity index (χ0v) is 12.9. The topological polar surface area (TPSA) is 111 Å². The third-order valence-corrected chi connectivity index (χ3v) is 3.56. The summed E-state index contributed by atoms with van der Waals surface area (Å²) in [5.74, 6) is 0. The summed E-state index contributed by atoms with van der Waals surface area (Å²) in [5.41, 5.74) is 6.86. The lowest BCUT2D eigenvalue weighted by Gasteiger charge is -2.13. The number of amides is 1. The number of nitrogens with two attached hydrogens (primary N) is 1.